The van der Waals surface area contributed by atoms with Crippen LogP contribution in [0.15, 0.2) is 11.7 Å². The largest absolute Gasteiger partial charge is 0.507 e. The molecule has 4 nitrogen and oxygen atoms in total. The summed E-state index contributed by atoms with van der Waals surface area (Å²) in [6, 6.07) is 0. The van der Waals surface area contributed by atoms with Gasteiger partial charge in [0.2, 0.25) is 0 Å². The van der Waals surface area contributed by atoms with Gasteiger partial charge in [-0.2, -0.15) is 0 Å². The van der Waals surface area contributed by atoms with E-state index in [0.717, 1.165) is 0 Å². The van der Waals surface area contributed by atoms with Gasteiger partial charge in [-0.25, -0.2) is 0 Å². The molecule has 0 fully saturated rings. The van der Waals surface area contributed by atoms with Gasteiger partial charge < -0.3 is 10.0 Å². The van der Waals surface area contributed by atoms with Gasteiger partial charge in [0.05, 0.1) is 5.60 Å². The molecule has 1 atom stereocenters. The molecule has 0 saturated carbocycles. The molecule has 0 bridgehead atoms. The Morgan fingerprint density at radius 3 is 2.50 bits per heavy atom. The van der Waals surface area contributed by atoms with Gasteiger partial charge in [-0.15, -0.1) is 0 Å². The van der Waals surface area contributed by atoms with Gasteiger partial charge in [0.1, 0.15) is 6.10 Å². The zero-order valence-corrected chi connectivity index (χ0v) is 5.98. The van der Waals surface area contributed by atoms with Crippen molar-refractivity contribution < 1.29 is 14.9 Å². The van der Waals surface area contributed by atoms with E-state index in [1.165, 1.54) is 5.06 Å². The van der Waals surface area contributed by atoms with Gasteiger partial charge in [0.25, 0.3) is 0 Å². The summed E-state index contributed by atoms with van der Waals surface area (Å²) in [4.78, 5) is 5.06. The Morgan fingerprint density at radius 1 is 1.70 bits per heavy atom. The number of hydrogen-bond donors (Lipinski definition) is 2. The van der Waals surface area contributed by atoms with Crippen LogP contribution in [0.1, 0.15) is 6.92 Å². The molecular formula is C5H10BNO3. The molecule has 0 spiro atoms. The first-order valence-electron chi connectivity index (χ1n) is 3.09. The molecule has 0 amide bonds. The van der Waals surface area contributed by atoms with E-state index < -0.39 is 7.12 Å². The van der Waals surface area contributed by atoms with Crippen molar-refractivity contribution in [1.29, 1.82) is 0 Å². The molecule has 1 heterocycles. The normalized spacial score (nSPS) is 25.0. The smallest absolute Gasteiger partial charge is 0.422 e. The average molecular weight is 143 g/mol. The van der Waals surface area contributed by atoms with Crippen molar-refractivity contribution in [2.75, 3.05) is 7.05 Å². The maximum Gasteiger partial charge on any atom is 0.507 e. The lowest BCUT2D eigenvalue weighted by Gasteiger charge is -2.14. The van der Waals surface area contributed by atoms with Crippen LogP contribution in [0.25, 0.3) is 0 Å². The molecule has 5 heteroatoms. The predicted molar refractivity (Wildman–Crippen MR) is 36.6 cm³/mol. The van der Waals surface area contributed by atoms with Crippen molar-refractivity contribution in [2.24, 2.45) is 0 Å². The summed E-state index contributed by atoms with van der Waals surface area (Å²) in [6.07, 6.45) is 1.59. The van der Waals surface area contributed by atoms with Gasteiger partial charge in [0, 0.05) is 7.05 Å². The lowest BCUT2D eigenvalue weighted by molar-refractivity contribution is -0.109. The standard InChI is InChI=1S/C5H10BNO3/c1-4-3-5(6(8)9)7(2)10-4/h3-4,8-9H,1-2H3. The molecule has 0 aromatic carbocycles. The van der Waals surface area contributed by atoms with Crippen molar-refractivity contribution in [3.63, 3.8) is 0 Å². The molecule has 0 radical (unpaired) electrons. The van der Waals surface area contributed by atoms with E-state index >= 15 is 0 Å². The Bertz CT molecular complexity index is 159. The molecular weight excluding hydrogens is 133 g/mol. The second kappa shape index (κ2) is 2.61. The number of hydroxylamine groups is 2. The Labute approximate surface area is 59.8 Å². The minimum absolute atomic E-state index is 0.0678. The first-order chi connectivity index (χ1) is 4.61. The molecule has 0 saturated heterocycles. The van der Waals surface area contributed by atoms with Gasteiger partial charge in [0.15, 0.2) is 0 Å². The fraction of sp³-hybridized carbons (Fsp3) is 0.600. The molecule has 0 aliphatic carbocycles. The van der Waals surface area contributed by atoms with Gasteiger partial charge in [-0.3, -0.25) is 9.90 Å². The second-order valence-corrected chi connectivity index (χ2v) is 2.27. The fourth-order valence-electron chi connectivity index (χ4n) is 0.935. The quantitative estimate of drug-likeness (QED) is 0.469. The summed E-state index contributed by atoms with van der Waals surface area (Å²) in [5, 5.41) is 18.8. The van der Waals surface area contributed by atoms with Gasteiger partial charge in [-0.1, -0.05) is 0 Å². The molecule has 1 rings (SSSR count). The molecule has 1 unspecified atom stereocenters. The second-order valence-electron chi connectivity index (χ2n) is 2.27. The maximum atomic E-state index is 8.71. The van der Waals surface area contributed by atoms with Crippen LogP contribution < -0.4 is 0 Å². The predicted octanol–water partition coefficient (Wildman–Crippen LogP) is -0.852. The molecule has 0 aromatic heterocycles. The third kappa shape index (κ3) is 1.31. The lowest BCUT2D eigenvalue weighted by atomic mass is 9.85. The van der Waals surface area contributed by atoms with Crippen LogP contribution in [0.5, 0.6) is 0 Å². The Kier molecular flexibility index (Phi) is 1.98. The lowest BCUT2D eigenvalue weighted by Crippen LogP contribution is -2.26. The van der Waals surface area contributed by atoms with E-state index in [2.05, 4.69) is 0 Å². The summed E-state index contributed by atoms with van der Waals surface area (Å²) in [6.45, 7) is 1.83. The first kappa shape index (κ1) is 7.59. The summed E-state index contributed by atoms with van der Waals surface area (Å²) in [5.74, 6) is 0. The molecule has 10 heavy (non-hydrogen) atoms. The zero-order valence-electron chi connectivity index (χ0n) is 5.98. The van der Waals surface area contributed by atoms with Crippen LogP contribution in [-0.4, -0.2) is 35.4 Å². The fourth-order valence-corrected chi connectivity index (χ4v) is 0.935. The molecule has 1 aliphatic rings. The first-order valence-corrected chi connectivity index (χ1v) is 3.09. The van der Waals surface area contributed by atoms with E-state index in [1.807, 2.05) is 6.92 Å². The van der Waals surface area contributed by atoms with Crippen molar-refractivity contribution >= 4 is 7.12 Å². The highest BCUT2D eigenvalue weighted by molar-refractivity contribution is 6.50. The van der Waals surface area contributed by atoms with Crippen molar-refractivity contribution in [2.45, 2.75) is 13.0 Å². The summed E-state index contributed by atoms with van der Waals surface area (Å²) < 4.78 is 0. The van der Waals surface area contributed by atoms with Crippen molar-refractivity contribution in [3.05, 3.63) is 11.7 Å². The molecule has 2 N–H and O–H groups in total. The Morgan fingerprint density at radius 2 is 2.30 bits per heavy atom. The van der Waals surface area contributed by atoms with E-state index in [1.54, 1.807) is 13.1 Å². The average Bonchev–Trinajstić information content (AvgIpc) is 2.10. The minimum Gasteiger partial charge on any atom is -0.422 e. The van der Waals surface area contributed by atoms with Crippen LogP contribution in [-0.2, 0) is 4.84 Å². The highest BCUT2D eigenvalue weighted by Crippen LogP contribution is 2.15. The monoisotopic (exact) mass is 143 g/mol. The van der Waals surface area contributed by atoms with Crippen LogP contribution in [0.3, 0.4) is 0 Å². The SMILES string of the molecule is CC1C=C(B(O)O)N(C)O1. The van der Waals surface area contributed by atoms with Crippen molar-refractivity contribution in [3.8, 4) is 0 Å². The third-order valence-corrected chi connectivity index (χ3v) is 1.36. The third-order valence-electron chi connectivity index (χ3n) is 1.36. The zero-order chi connectivity index (χ0) is 7.72. The van der Waals surface area contributed by atoms with Gasteiger partial charge >= 0.3 is 7.12 Å². The van der Waals surface area contributed by atoms with Crippen molar-refractivity contribution in [1.82, 2.24) is 5.06 Å². The topological polar surface area (TPSA) is 52.9 Å². The molecule has 56 valence electrons. The van der Waals surface area contributed by atoms with E-state index in [4.69, 9.17) is 14.9 Å². The Balaban J connectivity index is 2.65. The van der Waals surface area contributed by atoms with Crippen LogP contribution >= 0.6 is 0 Å². The molecule has 1 aliphatic heterocycles. The maximum absolute atomic E-state index is 8.71. The minimum atomic E-state index is -1.44. The number of rotatable bonds is 1. The summed E-state index contributed by atoms with van der Waals surface area (Å²) in [5.41, 5.74) is 0.396. The summed E-state index contributed by atoms with van der Waals surface area (Å²) in [7, 11) is 0.198. The van der Waals surface area contributed by atoms with E-state index in [0.29, 0.717) is 5.60 Å². The van der Waals surface area contributed by atoms with E-state index in [-0.39, 0.29) is 6.10 Å². The number of nitrogens with zero attached hydrogens (tertiary/aromatic N) is 1. The highest BCUT2D eigenvalue weighted by Gasteiger charge is 2.26. The Hall–Kier alpha value is -0.515. The summed E-state index contributed by atoms with van der Waals surface area (Å²) >= 11 is 0. The highest BCUT2D eigenvalue weighted by atomic mass is 16.7. The van der Waals surface area contributed by atoms with E-state index in [9.17, 15) is 0 Å². The van der Waals surface area contributed by atoms with Crippen LogP contribution in [0, 0.1) is 0 Å². The number of hydrogen-bond acceptors (Lipinski definition) is 4. The van der Waals surface area contributed by atoms with Crippen LogP contribution in [0.2, 0.25) is 0 Å². The van der Waals surface area contributed by atoms with Crippen LogP contribution in [0.4, 0.5) is 0 Å². The van der Waals surface area contributed by atoms with Gasteiger partial charge in [-0.05, 0) is 13.0 Å². The molecule has 0 aromatic rings.